The van der Waals surface area contributed by atoms with Gasteiger partial charge in [0.05, 0.1) is 22.5 Å². The Morgan fingerprint density at radius 3 is 2.33 bits per heavy atom. The fraction of sp³-hybridized carbons (Fsp3) is 0.286. The molecule has 0 bridgehead atoms. The first-order chi connectivity index (χ1) is 21.6. The number of hydrogen-bond acceptors (Lipinski definition) is 4. The van der Waals surface area contributed by atoms with Gasteiger partial charge in [-0.15, -0.1) is 0 Å². The van der Waals surface area contributed by atoms with Gasteiger partial charge in [-0.05, 0) is 72.4 Å². The number of aliphatic carboxylic acids is 1. The number of halogens is 4. The maximum absolute atomic E-state index is 14.4. The van der Waals surface area contributed by atoms with E-state index < -0.39 is 29.4 Å². The zero-order valence-corrected chi connectivity index (χ0v) is 24.5. The summed E-state index contributed by atoms with van der Waals surface area (Å²) in [7, 11) is 0. The van der Waals surface area contributed by atoms with E-state index in [9.17, 15) is 27.5 Å². The Kier molecular flexibility index (Phi) is 8.31. The summed E-state index contributed by atoms with van der Waals surface area (Å²) < 4.78 is 61.4. The van der Waals surface area contributed by atoms with Crippen LogP contribution in [0, 0.1) is 18.7 Å². The molecule has 0 aliphatic heterocycles. The van der Waals surface area contributed by atoms with Gasteiger partial charge in [0.2, 0.25) is 0 Å². The van der Waals surface area contributed by atoms with Crippen LogP contribution in [-0.4, -0.2) is 25.6 Å². The Balaban J connectivity index is 1.33. The minimum absolute atomic E-state index is 0.0618. The van der Waals surface area contributed by atoms with Gasteiger partial charge in [-0.25, -0.2) is 9.37 Å². The molecule has 45 heavy (non-hydrogen) atoms. The number of carboxylic acid groups (broad SMARTS) is 1. The molecular weight excluding hydrogens is 586 g/mol. The Labute approximate surface area is 257 Å². The molecule has 5 aromatic rings. The van der Waals surface area contributed by atoms with Crippen LogP contribution < -0.4 is 4.74 Å². The van der Waals surface area contributed by atoms with Crippen LogP contribution in [0.2, 0.25) is 0 Å². The fourth-order valence-electron chi connectivity index (χ4n) is 6.05. The van der Waals surface area contributed by atoms with E-state index in [0.717, 1.165) is 41.6 Å². The lowest BCUT2D eigenvalue weighted by atomic mass is 9.78. The summed E-state index contributed by atoms with van der Waals surface area (Å²) in [5, 5.41) is 10.0. The first-order valence-electron chi connectivity index (χ1n) is 14.8. The molecule has 2 heterocycles. The van der Waals surface area contributed by atoms with Crippen LogP contribution in [-0.2, 0) is 24.1 Å². The Morgan fingerprint density at radius 2 is 1.67 bits per heavy atom. The summed E-state index contributed by atoms with van der Waals surface area (Å²) in [6, 6.07) is 19.4. The molecule has 2 aromatic heterocycles. The summed E-state index contributed by atoms with van der Waals surface area (Å²) in [6.45, 7) is 2.09. The van der Waals surface area contributed by atoms with Crippen molar-refractivity contribution in [1.82, 2.24) is 14.5 Å². The van der Waals surface area contributed by atoms with Crippen LogP contribution in [0.25, 0.3) is 22.2 Å². The highest BCUT2D eigenvalue weighted by atomic mass is 19.4. The number of alkyl halides is 3. The van der Waals surface area contributed by atoms with Gasteiger partial charge in [0.15, 0.2) is 0 Å². The highest BCUT2D eigenvalue weighted by Gasteiger charge is 2.35. The smallest absolute Gasteiger partial charge is 0.416 e. The number of ether oxygens (including phenoxy) is 1. The third-order valence-corrected chi connectivity index (χ3v) is 8.43. The second-order valence-corrected chi connectivity index (χ2v) is 11.5. The number of carbonyl (C=O) groups is 1. The van der Waals surface area contributed by atoms with Crippen molar-refractivity contribution in [1.29, 1.82) is 0 Å². The molecule has 0 amide bonds. The normalized spacial score (nSPS) is 17.0. The third kappa shape index (κ3) is 6.55. The van der Waals surface area contributed by atoms with Crippen molar-refractivity contribution in [3.8, 4) is 16.9 Å². The van der Waals surface area contributed by atoms with E-state index in [2.05, 4.69) is 4.98 Å². The molecule has 1 fully saturated rings. The zero-order valence-electron chi connectivity index (χ0n) is 24.5. The van der Waals surface area contributed by atoms with Crippen LogP contribution >= 0.6 is 0 Å². The number of imidazole rings is 1. The Bertz CT molecular complexity index is 1830. The molecule has 2 atom stereocenters. The molecule has 1 aliphatic rings. The van der Waals surface area contributed by atoms with Gasteiger partial charge in [-0.1, -0.05) is 49.2 Å². The number of pyridine rings is 1. The maximum atomic E-state index is 14.4. The van der Waals surface area contributed by atoms with E-state index in [4.69, 9.17) is 9.72 Å². The summed E-state index contributed by atoms with van der Waals surface area (Å²) in [6.07, 6.45) is 0.218. The van der Waals surface area contributed by atoms with Gasteiger partial charge in [0.25, 0.3) is 0 Å². The van der Waals surface area contributed by atoms with Crippen molar-refractivity contribution >= 4 is 17.0 Å². The summed E-state index contributed by atoms with van der Waals surface area (Å²) in [5.74, 6) is -0.927. The van der Waals surface area contributed by atoms with E-state index in [1.165, 1.54) is 18.2 Å². The largest absolute Gasteiger partial charge is 0.487 e. The van der Waals surface area contributed by atoms with Gasteiger partial charge < -0.3 is 14.4 Å². The van der Waals surface area contributed by atoms with Gasteiger partial charge in [0.1, 0.15) is 29.7 Å². The van der Waals surface area contributed by atoms with E-state index in [1.54, 1.807) is 19.2 Å². The van der Waals surface area contributed by atoms with E-state index in [-0.39, 0.29) is 18.2 Å². The molecule has 6 rings (SSSR count). The van der Waals surface area contributed by atoms with Gasteiger partial charge in [-0.3, -0.25) is 9.78 Å². The first kappa shape index (κ1) is 30.3. The number of fused-ring (bicyclic) bond motifs is 1. The predicted octanol–water partition coefficient (Wildman–Crippen LogP) is 8.55. The molecule has 10 heteroatoms. The average molecular weight is 618 g/mol. The van der Waals surface area contributed by atoms with Gasteiger partial charge in [-0.2, -0.15) is 13.2 Å². The molecule has 6 nitrogen and oxygen atoms in total. The minimum Gasteiger partial charge on any atom is -0.487 e. The van der Waals surface area contributed by atoms with Crippen molar-refractivity contribution in [3.05, 3.63) is 113 Å². The van der Waals surface area contributed by atoms with E-state index in [0.29, 0.717) is 47.6 Å². The molecule has 3 aromatic carbocycles. The number of aryl methyl sites for hydroxylation is 1. The topological polar surface area (TPSA) is 77.2 Å². The molecule has 1 aliphatic carbocycles. The first-order valence-corrected chi connectivity index (χ1v) is 14.8. The predicted molar refractivity (Wildman–Crippen MR) is 161 cm³/mol. The fourth-order valence-corrected chi connectivity index (χ4v) is 6.05. The van der Waals surface area contributed by atoms with Crippen molar-refractivity contribution in [2.45, 2.75) is 57.9 Å². The molecule has 2 unspecified atom stereocenters. The van der Waals surface area contributed by atoms with Crippen LogP contribution in [0.1, 0.15) is 59.8 Å². The molecule has 1 saturated carbocycles. The minimum atomic E-state index is -4.40. The number of aromatic nitrogens is 3. The quantitative estimate of drug-likeness (QED) is 0.177. The number of rotatable bonds is 8. The lowest BCUT2D eigenvalue weighted by molar-refractivity contribution is -0.143. The lowest BCUT2D eigenvalue weighted by Crippen LogP contribution is -2.27. The summed E-state index contributed by atoms with van der Waals surface area (Å²) in [4.78, 5) is 21.3. The van der Waals surface area contributed by atoms with Crippen molar-refractivity contribution in [3.63, 3.8) is 0 Å². The van der Waals surface area contributed by atoms with Crippen molar-refractivity contribution in [2.24, 2.45) is 5.92 Å². The molecule has 0 saturated heterocycles. The standard InChI is InChI=1S/C35H31F4N3O3/c1-21-16-29(36)31(40-18-21)20-45-26-14-15-30-32(17-26)42(33(41-30)27-4-2-3-5-28(27)34(43)44)19-22-6-8-23(9-7-22)24-10-12-25(13-11-24)35(37,38)39/h6-18,27-28H,2-5,19-20H2,1H3,(H,43,44). The Morgan fingerprint density at radius 1 is 0.978 bits per heavy atom. The Hall–Kier alpha value is -4.73. The van der Waals surface area contributed by atoms with E-state index >= 15 is 0 Å². The molecule has 0 spiro atoms. The van der Waals surface area contributed by atoms with Crippen LogP contribution in [0.5, 0.6) is 5.75 Å². The van der Waals surface area contributed by atoms with Crippen molar-refractivity contribution < 1.29 is 32.2 Å². The van der Waals surface area contributed by atoms with Crippen molar-refractivity contribution in [2.75, 3.05) is 0 Å². The zero-order chi connectivity index (χ0) is 31.7. The van der Waals surface area contributed by atoms with Gasteiger partial charge >= 0.3 is 12.1 Å². The molecule has 0 radical (unpaired) electrons. The number of nitrogens with zero attached hydrogens (tertiary/aromatic N) is 3. The number of benzene rings is 3. The highest BCUT2D eigenvalue weighted by molar-refractivity contribution is 5.79. The second kappa shape index (κ2) is 12.3. The molecular formula is C35H31F4N3O3. The van der Waals surface area contributed by atoms with Crippen LogP contribution in [0.4, 0.5) is 17.6 Å². The number of carboxylic acids is 1. The number of hydrogen-bond donors (Lipinski definition) is 1. The van der Waals surface area contributed by atoms with E-state index in [1.807, 2.05) is 41.0 Å². The average Bonchev–Trinajstić information content (AvgIpc) is 3.38. The van der Waals surface area contributed by atoms with Crippen LogP contribution in [0.15, 0.2) is 79.0 Å². The summed E-state index contributed by atoms with van der Waals surface area (Å²) >= 11 is 0. The molecule has 232 valence electrons. The van der Waals surface area contributed by atoms with Crippen LogP contribution in [0.3, 0.4) is 0 Å². The van der Waals surface area contributed by atoms with Gasteiger partial charge in [0, 0.05) is 24.7 Å². The lowest BCUT2D eigenvalue weighted by Gasteiger charge is -2.28. The summed E-state index contributed by atoms with van der Waals surface area (Å²) in [5.41, 5.74) is 3.98. The second-order valence-electron chi connectivity index (χ2n) is 11.5. The third-order valence-electron chi connectivity index (χ3n) is 8.43. The monoisotopic (exact) mass is 617 g/mol. The highest BCUT2D eigenvalue weighted by Crippen LogP contribution is 2.40. The SMILES string of the molecule is Cc1cnc(COc2ccc3nc(C4CCCCC4C(=O)O)n(Cc4ccc(-c5ccc(C(F)(F)F)cc5)cc4)c3c2)c(F)c1. The maximum Gasteiger partial charge on any atom is 0.416 e. The molecule has 1 N–H and O–H groups in total.